The van der Waals surface area contributed by atoms with Gasteiger partial charge in [-0.05, 0) is 25.5 Å². The Bertz CT molecular complexity index is 1020. The molecule has 1 atom stereocenters. The second kappa shape index (κ2) is 7.81. The lowest BCUT2D eigenvalue weighted by atomic mass is 10.3. The summed E-state index contributed by atoms with van der Waals surface area (Å²) in [5.74, 6) is -0.602. The molecule has 0 aliphatic heterocycles. The third-order valence-corrected chi connectivity index (χ3v) is 4.11. The number of carbonyl (C=O) groups is 2. The van der Waals surface area contributed by atoms with E-state index in [1.54, 1.807) is 4.68 Å². The van der Waals surface area contributed by atoms with Crippen molar-refractivity contribution in [2.75, 3.05) is 0 Å². The second-order valence-electron chi connectivity index (χ2n) is 6.14. The number of imide groups is 1. The van der Waals surface area contributed by atoms with Crippen LogP contribution in [-0.4, -0.2) is 37.3 Å². The molecule has 27 heavy (non-hydrogen) atoms. The lowest BCUT2D eigenvalue weighted by Gasteiger charge is -2.12. The number of para-hydroxylation sites is 1. The molecule has 2 N–H and O–H groups in total. The molecular weight excluding hydrogens is 348 g/mol. The number of fused-ring (bicyclic) bond motifs is 1. The molecule has 2 heterocycles. The summed E-state index contributed by atoms with van der Waals surface area (Å²) in [4.78, 5) is 40.6. The maximum atomic E-state index is 12.6. The molecule has 1 aromatic carbocycles. The topological polar surface area (TPSA) is 111 Å². The molecule has 0 aliphatic rings. The van der Waals surface area contributed by atoms with Crippen molar-refractivity contribution in [3.8, 4) is 5.69 Å². The minimum atomic E-state index is -0.602. The minimum Gasteiger partial charge on any atom is -0.335 e. The van der Waals surface area contributed by atoms with Crippen LogP contribution in [0.4, 0.5) is 4.79 Å². The van der Waals surface area contributed by atoms with E-state index in [2.05, 4.69) is 20.7 Å². The fraction of sp³-hybridized carbons (Fsp3) is 0.278. The van der Waals surface area contributed by atoms with Crippen LogP contribution in [0.3, 0.4) is 0 Å². The first-order chi connectivity index (χ1) is 13.0. The number of aromatic nitrogens is 4. The van der Waals surface area contributed by atoms with E-state index in [1.165, 1.54) is 12.5 Å². The Morgan fingerprint density at radius 2 is 1.96 bits per heavy atom. The highest BCUT2D eigenvalue weighted by Gasteiger charge is 2.15. The van der Waals surface area contributed by atoms with Crippen LogP contribution in [0.25, 0.3) is 16.7 Å². The fourth-order valence-electron chi connectivity index (χ4n) is 2.50. The van der Waals surface area contributed by atoms with E-state index in [0.29, 0.717) is 11.0 Å². The molecule has 3 aromatic rings. The lowest BCUT2D eigenvalue weighted by molar-refractivity contribution is -0.120. The van der Waals surface area contributed by atoms with Crippen LogP contribution in [0.2, 0.25) is 0 Å². The number of hydrogen-bond acceptors (Lipinski definition) is 5. The van der Waals surface area contributed by atoms with Gasteiger partial charge in [0, 0.05) is 6.04 Å². The van der Waals surface area contributed by atoms with Gasteiger partial charge in [-0.2, -0.15) is 5.10 Å². The number of amides is 3. The van der Waals surface area contributed by atoms with Crippen molar-refractivity contribution < 1.29 is 9.59 Å². The average molecular weight is 368 g/mol. The monoisotopic (exact) mass is 368 g/mol. The van der Waals surface area contributed by atoms with Crippen LogP contribution >= 0.6 is 0 Å². The molecule has 0 saturated carbocycles. The number of nitrogens with zero attached hydrogens (tertiary/aromatic N) is 4. The van der Waals surface area contributed by atoms with Crippen molar-refractivity contribution in [3.63, 3.8) is 0 Å². The number of urea groups is 1. The Labute approximate surface area is 155 Å². The zero-order chi connectivity index (χ0) is 19.4. The van der Waals surface area contributed by atoms with Gasteiger partial charge in [-0.3, -0.25) is 19.5 Å². The molecule has 9 nitrogen and oxygen atoms in total. The lowest BCUT2D eigenvalue weighted by Crippen LogP contribution is -2.45. The summed E-state index contributed by atoms with van der Waals surface area (Å²) >= 11 is 0. The van der Waals surface area contributed by atoms with Crippen molar-refractivity contribution in [1.29, 1.82) is 0 Å². The number of carbonyl (C=O) groups excluding carboxylic acids is 2. The van der Waals surface area contributed by atoms with Crippen LogP contribution in [0.1, 0.15) is 20.3 Å². The molecule has 0 saturated heterocycles. The Morgan fingerprint density at radius 1 is 1.22 bits per heavy atom. The van der Waals surface area contributed by atoms with E-state index >= 15 is 0 Å². The third kappa shape index (κ3) is 4.02. The Morgan fingerprint density at radius 3 is 2.67 bits per heavy atom. The maximum Gasteiger partial charge on any atom is 0.321 e. The smallest absolute Gasteiger partial charge is 0.321 e. The van der Waals surface area contributed by atoms with E-state index in [0.717, 1.165) is 16.7 Å². The quantitative estimate of drug-likeness (QED) is 0.703. The molecular formula is C18H20N6O3. The van der Waals surface area contributed by atoms with Crippen LogP contribution in [0.15, 0.2) is 47.7 Å². The van der Waals surface area contributed by atoms with E-state index in [4.69, 9.17) is 0 Å². The Hall–Kier alpha value is -3.49. The molecule has 3 rings (SSSR count). The van der Waals surface area contributed by atoms with Gasteiger partial charge < -0.3 is 5.32 Å². The fourth-order valence-corrected chi connectivity index (χ4v) is 2.50. The summed E-state index contributed by atoms with van der Waals surface area (Å²) in [6.07, 6.45) is 3.44. The van der Waals surface area contributed by atoms with Gasteiger partial charge in [0.2, 0.25) is 5.91 Å². The van der Waals surface area contributed by atoms with Gasteiger partial charge in [0.1, 0.15) is 18.3 Å². The number of rotatable bonds is 5. The van der Waals surface area contributed by atoms with Gasteiger partial charge in [-0.1, -0.05) is 25.1 Å². The van der Waals surface area contributed by atoms with E-state index in [-0.39, 0.29) is 12.6 Å². The Kier molecular flexibility index (Phi) is 5.30. The summed E-state index contributed by atoms with van der Waals surface area (Å²) in [7, 11) is 0. The van der Waals surface area contributed by atoms with Crippen molar-refractivity contribution in [2.24, 2.45) is 0 Å². The van der Waals surface area contributed by atoms with Gasteiger partial charge >= 0.3 is 6.03 Å². The second-order valence-corrected chi connectivity index (χ2v) is 6.14. The number of hydrogen-bond donors (Lipinski definition) is 2. The largest absolute Gasteiger partial charge is 0.335 e. The SMILES string of the molecule is CC[C@H](C)NC(=O)NC(=O)Cn1cnc2c(cnn2-c2ccccc2)c1=O. The standard InChI is InChI=1S/C18H20N6O3/c1-3-12(2)21-18(27)22-15(25)10-23-11-19-16-14(17(23)26)9-20-24(16)13-7-5-4-6-8-13/h4-9,11-12H,3,10H2,1-2H3,(H2,21,22,25,27)/t12-/m0/s1. The highest BCUT2D eigenvalue weighted by Crippen LogP contribution is 2.12. The highest BCUT2D eigenvalue weighted by atomic mass is 16.2. The van der Waals surface area contributed by atoms with Crippen LogP contribution < -0.4 is 16.2 Å². The molecule has 0 fully saturated rings. The summed E-state index contributed by atoms with van der Waals surface area (Å²) in [6.45, 7) is 3.44. The molecule has 0 radical (unpaired) electrons. The summed E-state index contributed by atoms with van der Waals surface area (Å²) in [6, 6.07) is 8.66. The zero-order valence-corrected chi connectivity index (χ0v) is 15.0. The van der Waals surface area contributed by atoms with Gasteiger partial charge in [0.15, 0.2) is 5.65 Å². The first-order valence-corrected chi connectivity index (χ1v) is 8.58. The van der Waals surface area contributed by atoms with E-state index in [1.807, 2.05) is 44.2 Å². The number of benzene rings is 1. The van der Waals surface area contributed by atoms with Crippen LogP contribution in [0, 0.1) is 0 Å². The van der Waals surface area contributed by atoms with Gasteiger partial charge in [-0.15, -0.1) is 0 Å². The predicted molar refractivity (Wildman–Crippen MR) is 99.6 cm³/mol. The molecule has 2 aromatic heterocycles. The molecule has 0 spiro atoms. The average Bonchev–Trinajstić information content (AvgIpc) is 3.09. The summed E-state index contributed by atoms with van der Waals surface area (Å²) in [5, 5.41) is 9.33. The Balaban J connectivity index is 1.79. The van der Waals surface area contributed by atoms with Gasteiger partial charge in [0.05, 0.1) is 11.9 Å². The van der Waals surface area contributed by atoms with Crippen molar-refractivity contribution in [2.45, 2.75) is 32.9 Å². The zero-order valence-electron chi connectivity index (χ0n) is 15.0. The third-order valence-electron chi connectivity index (χ3n) is 4.11. The van der Waals surface area contributed by atoms with E-state index < -0.39 is 17.5 Å². The summed E-state index contributed by atoms with van der Waals surface area (Å²) < 4.78 is 2.70. The predicted octanol–water partition coefficient (Wildman–Crippen LogP) is 1.21. The van der Waals surface area contributed by atoms with Crippen molar-refractivity contribution in [1.82, 2.24) is 30.0 Å². The molecule has 140 valence electrons. The van der Waals surface area contributed by atoms with Gasteiger partial charge in [-0.25, -0.2) is 14.5 Å². The van der Waals surface area contributed by atoms with Gasteiger partial charge in [0.25, 0.3) is 5.56 Å². The molecule has 9 heteroatoms. The molecule has 3 amide bonds. The van der Waals surface area contributed by atoms with Crippen molar-refractivity contribution in [3.05, 3.63) is 53.2 Å². The van der Waals surface area contributed by atoms with Crippen LogP contribution in [0.5, 0.6) is 0 Å². The minimum absolute atomic E-state index is 0.0534. The summed E-state index contributed by atoms with van der Waals surface area (Å²) in [5.41, 5.74) is 0.772. The maximum absolute atomic E-state index is 12.6. The number of nitrogens with one attached hydrogen (secondary N) is 2. The molecule has 0 unspecified atom stereocenters. The molecule has 0 aliphatic carbocycles. The normalized spacial score (nSPS) is 11.9. The highest BCUT2D eigenvalue weighted by molar-refractivity contribution is 5.94. The molecule has 0 bridgehead atoms. The first kappa shape index (κ1) is 18.3. The van der Waals surface area contributed by atoms with E-state index in [9.17, 15) is 14.4 Å². The first-order valence-electron chi connectivity index (χ1n) is 8.58. The van der Waals surface area contributed by atoms with Crippen LogP contribution in [-0.2, 0) is 11.3 Å². The van der Waals surface area contributed by atoms with Crippen molar-refractivity contribution >= 4 is 23.0 Å².